The Kier molecular flexibility index (Phi) is 6.03. The molecule has 1 aromatic carbocycles. The maximum absolute atomic E-state index is 8.12. The Balaban J connectivity index is 0.000000437. The van der Waals surface area contributed by atoms with Gasteiger partial charge in [-0.3, -0.25) is 0 Å². The van der Waals surface area contributed by atoms with Crippen molar-refractivity contribution < 1.29 is 9.59 Å². The molecule has 0 radical (unpaired) electrons. The molecule has 0 fully saturated rings. The van der Waals surface area contributed by atoms with Crippen LogP contribution in [0.5, 0.6) is 0 Å². The molecule has 0 bridgehead atoms. The van der Waals surface area contributed by atoms with Crippen molar-refractivity contribution in [2.24, 2.45) is 0 Å². The van der Waals surface area contributed by atoms with Gasteiger partial charge in [-0.05, 0) is 11.6 Å². The summed E-state index contributed by atoms with van der Waals surface area (Å²) in [4.78, 5) is 16.2. The number of rotatable bonds is 3. The molecule has 2 aromatic rings. The molecule has 88 valence electrons. The molecule has 1 heterocycles. The number of carbonyl (C=O) groups excluding carboxylic acids is 2. The third-order valence-electron chi connectivity index (χ3n) is 1.73. The second kappa shape index (κ2) is 7.62. The van der Waals surface area contributed by atoms with Gasteiger partial charge in [0.2, 0.25) is 0 Å². The summed E-state index contributed by atoms with van der Waals surface area (Å²) in [5, 5.41) is 11.9. The lowest BCUT2D eigenvalue weighted by molar-refractivity contribution is -0.191. The number of nitrogens with one attached hydrogen (secondary N) is 1. The summed E-state index contributed by atoms with van der Waals surface area (Å²) in [6.45, 7) is 0. The third kappa shape index (κ3) is 4.82. The number of nitrogens with zero attached hydrogens (tertiary/aromatic N) is 2. The van der Waals surface area contributed by atoms with Gasteiger partial charge >= 0.3 is 6.15 Å². The summed E-state index contributed by atoms with van der Waals surface area (Å²) >= 11 is 7.61. The molecule has 1 aromatic heterocycles. The summed E-state index contributed by atoms with van der Waals surface area (Å²) in [5.74, 6) is 0.812. The smallest absolute Gasteiger partial charge is 0.197 e. The summed E-state index contributed by atoms with van der Waals surface area (Å²) in [7, 11) is 0. The van der Waals surface area contributed by atoms with Crippen molar-refractivity contribution in [2.75, 3.05) is 0 Å². The zero-order valence-corrected chi connectivity index (χ0v) is 10.2. The molecular weight excluding hydrogens is 262 g/mol. The van der Waals surface area contributed by atoms with E-state index in [0.717, 1.165) is 21.4 Å². The highest BCUT2D eigenvalue weighted by Gasteiger charge is 2.01. The van der Waals surface area contributed by atoms with E-state index < -0.39 is 0 Å². The van der Waals surface area contributed by atoms with E-state index in [1.807, 2.05) is 24.3 Å². The number of aromatic amines is 1. The van der Waals surface area contributed by atoms with E-state index in [0.29, 0.717) is 0 Å². The average Bonchev–Trinajstić information content (AvgIpc) is 2.82. The van der Waals surface area contributed by atoms with E-state index >= 15 is 0 Å². The number of hydrogen-bond donors (Lipinski definition) is 1. The molecule has 0 atom stereocenters. The number of aromatic nitrogens is 3. The highest BCUT2D eigenvalue weighted by atomic mass is 35.5. The summed E-state index contributed by atoms with van der Waals surface area (Å²) in [6.07, 6.45) is 1.95. The van der Waals surface area contributed by atoms with E-state index in [9.17, 15) is 0 Å². The highest BCUT2D eigenvalue weighted by molar-refractivity contribution is 7.98. The second-order valence-corrected chi connectivity index (χ2v) is 4.17. The van der Waals surface area contributed by atoms with Gasteiger partial charge in [-0.25, -0.2) is 0 Å². The van der Waals surface area contributed by atoms with Crippen molar-refractivity contribution in [3.8, 4) is 0 Å². The Morgan fingerprint density at radius 2 is 2.06 bits per heavy atom. The Hall–Kier alpha value is -1.62. The minimum Gasteiger partial charge on any atom is -0.197 e. The molecule has 0 spiro atoms. The van der Waals surface area contributed by atoms with Crippen LogP contribution in [0.3, 0.4) is 0 Å². The lowest BCUT2D eigenvalue weighted by Crippen LogP contribution is -1.81. The molecule has 0 aliphatic rings. The topological polar surface area (TPSA) is 75.7 Å². The van der Waals surface area contributed by atoms with Crippen molar-refractivity contribution in [3.05, 3.63) is 41.0 Å². The maximum atomic E-state index is 8.12. The quantitative estimate of drug-likeness (QED) is 0.864. The average molecular weight is 270 g/mol. The first-order valence-electron chi connectivity index (χ1n) is 4.49. The van der Waals surface area contributed by atoms with Crippen LogP contribution in [-0.4, -0.2) is 21.6 Å². The molecule has 2 rings (SSSR count). The predicted molar refractivity (Wildman–Crippen MR) is 62.4 cm³/mol. The van der Waals surface area contributed by atoms with Crippen LogP contribution in [-0.2, 0) is 15.3 Å². The lowest BCUT2D eigenvalue weighted by atomic mass is 10.2. The Bertz CT molecular complexity index is 484. The van der Waals surface area contributed by atoms with Crippen LogP contribution in [0, 0.1) is 0 Å². The fourth-order valence-corrected chi connectivity index (χ4v) is 2.10. The van der Waals surface area contributed by atoms with E-state index in [1.165, 1.54) is 0 Å². The SMILES string of the molecule is Clc1ccccc1CSc1cn[nH]n1.O=C=O. The molecule has 7 heteroatoms. The van der Waals surface area contributed by atoms with Crippen LogP contribution in [0.4, 0.5) is 0 Å². The van der Waals surface area contributed by atoms with Gasteiger partial charge in [0.15, 0.2) is 0 Å². The minimum absolute atomic E-state index is 0.250. The normalized spacial score (nSPS) is 9.00. The first kappa shape index (κ1) is 13.4. The number of halogens is 1. The minimum atomic E-state index is 0.250. The second-order valence-electron chi connectivity index (χ2n) is 2.77. The van der Waals surface area contributed by atoms with Gasteiger partial charge in [0, 0.05) is 10.8 Å². The standard InChI is InChI=1S/C9H8ClN3S.CO2/c10-8-4-2-1-3-7(8)6-14-9-5-11-13-12-9;2-1-3/h1-5H,6H2,(H,11,12,13);. The first-order valence-corrected chi connectivity index (χ1v) is 5.85. The van der Waals surface area contributed by atoms with Crippen molar-refractivity contribution in [1.82, 2.24) is 15.4 Å². The fourth-order valence-electron chi connectivity index (χ4n) is 1.03. The predicted octanol–water partition coefficient (Wildman–Crippen LogP) is 2.17. The van der Waals surface area contributed by atoms with Crippen molar-refractivity contribution in [1.29, 1.82) is 0 Å². The number of thioether (sulfide) groups is 1. The first-order chi connectivity index (χ1) is 8.27. The van der Waals surface area contributed by atoms with Gasteiger partial charge in [0.1, 0.15) is 5.03 Å². The molecule has 1 N–H and O–H groups in total. The monoisotopic (exact) mass is 269 g/mol. The fraction of sp³-hybridized carbons (Fsp3) is 0.100. The van der Waals surface area contributed by atoms with E-state index in [1.54, 1.807) is 18.0 Å². The lowest BCUT2D eigenvalue weighted by Gasteiger charge is -2.00. The zero-order valence-electron chi connectivity index (χ0n) is 8.59. The number of benzene rings is 1. The third-order valence-corrected chi connectivity index (χ3v) is 3.04. The Morgan fingerprint density at radius 3 is 2.65 bits per heavy atom. The Morgan fingerprint density at radius 1 is 1.35 bits per heavy atom. The summed E-state index contributed by atoms with van der Waals surface area (Å²) in [5.41, 5.74) is 1.11. The largest absolute Gasteiger partial charge is 0.373 e. The van der Waals surface area contributed by atoms with Crippen LogP contribution >= 0.6 is 23.4 Å². The van der Waals surface area contributed by atoms with Crippen LogP contribution in [0.15, 0.2) is 35.5 Å². The van der Waals surface area contributed by atoms with Crippen LogP contribution in [0.25, 0.3) is 0 Å². The molecule has 5 nitrogen and oxygen atoms in total. The van der Waals surface area contributed by atoms with Crippen molar-refractivity contribution in [3.63, 3.8) is 0 Å². The van der Waals surface area contributed by atoms with Crippen molar-refractivity contribution >= 4 is 29.5 Å². The maximum Gasteiger partial charge on any atom is 0.373 e. The summed E-state index contributed by atoms with van der Waals surface area (Å²) in [6, 6.07) is 7.80. The summed E-state index contributed by atoms with van der Waals surface area (Å²) < 4.78 is 0. The molecule has 0 amide bonds. The van der Waals surface area contributed by atoms with Gasteiger partial charge in [0.25, 0.3) is 0 Å². The molecule has 0 aliphatic carbocycles. The van der Waals surface area contributed by atoms with Gasteiger partial charge in [-0.1, -0.05) is 41.6 Å². The zero-order chi connectivity index (χ0) is 12.5. The van der Waals surface area contributed by atoms with E-state index in [4.69, 9.17) is 21.2 Å². The number of H-pyrrole nitrogens is 1. The van der Waals surface area contributed by atoms with Crippen LogP contribution in [0.2, 0.25) is 5.02 Å². The van der Waals surface area contributed by atoms with Gasteiger partial charge in [0.05, 0.1) is 6.20 Å². The van der Waals surface area contributed by atoms with Gasteiger partial charge in [-0.15, -0.1) is 5.10 Å². The highest BCUT2D eigenvalue weighted by Crippen LogP contribution is 2.24. The van der Waals surface area contributed by atoms with Gasteiger partial charge in [-0.2, -0.15) is 19.9 Å². The molecule has 0 aliphatic heterocycles. The van der Waals surface area contributed by atoms with E-state index in [2.05, 4.69) is 15.4 Å². The Labute approximate surface area is 107 Å². The molecule has 17 heavy (non-hydrogen) atoms. The van der Waals surface area contributed by atoms with Crippen LogP contribution < -0.4 is 0 Å². The van der Waals surface area contributed by atoms with Crippen LogP contribution in [0.1, 0.15) is 5.56 Å². The van der Waals surface area contributed by atoms with Crippen molar-refractivity contribution in [2.45, 2.75) is 10.8 Å². The molecule has 0 saturated carbocycles. The molecular formula is C10H8ClN3O2S. The van der Waals surface area contributed by atoms with Gasteiger partial charge < -0.3 is 0 Å². The van der Waals surface area contributed by atoms with E-state index in [-0.39, 0.29) is 6.15 Å². The molecule has 0 saturated heterocycles. The molecule has 0 unspecified atom stereocenters. The number of hydrogen-bond acceptors (Lipinski definition) is 5.